The topological polar surface area (TPSA) is 50.9 Å². The number of pyridine rings is 1. The molecule has 8 rings (SSSR count). The number of rotatable bonds is 6. The molecule has 0 amide bonds. The van der Waals surface area contributed by atoms with Crippen LogP contribution >= 0.6 is 0 Å². The SMILES string of the molecule is [2H]c1c([2H])c([2H])c(-c2ccnc(-c3[c-]c(-c4cccc5c4nc(-c4cc(C)cc(C)c4O)n5-c4cc(-c5ccccc5)c(C([2H])([2H])[2H])c(C([2H])([2H])[2H])c4)cc(C(C)(C)C)c3)c2)c([2H])c1[2H].[Pt]. The van der Waals surface area contributed by atoms with Crippen molar-refractivity contribution in [3.05, 3.63) is 167 Å². The van der Waals surface area contributed by atoms with Gasteiger partial charge in [-0.15, -0.1) is 29.3 Å². The Balaban J connectivity index is 0.00000648. The quantitative estimate of drug-likeness (QED) is 0.169. The first-order chi connectivity index (χ1) is 30.4. The average molecular weight is 909 g/mol. The molecule has 0 saturated heterocycles. The van der Waals surface area contributed by atoms with Crippen molar-refractivity contribution in [2.45, 2.75) is 53.7 Å². The van der Waals surface area contributed by atoms with Crippen molar-refractivity contribution in [1.82, 2.24) is 14.5 Å². The second-order valence-electron chi connectivity index (χ2n) is 14.6. The predicted molar refractivity (Wildman–Crippen MR) is 224 cm³/mol. The van der Waals surface area contributed by atoms with Crippen molar-refractivity contribution in [1.29, 1.82) is 0 Å². The van der Waals surface area contributed by atoms with Crippen molar-refractivity contribution < 1.29 is 41.3 Å². The fourth-order valence-electron chi connectivity index (χ4n) is 6.90. The van der Waals surface area contributed by atoms with Gasteiger partial charge < -0.3 is 5.11 Å². The van der Waals surface area contributed by atoms with Gasteiger partial charge in [0.25, 0.3) is 0 Å². The second kappa shape index (κ2) is 14.9. The molecule has 5 heteroatoms. The van der Waals surface area contributed by atoms with Crippen molar-refractivity contribution in [2.75, 3.05) is 0 Å². The summed E-state index contributed by atoms with van der Waals surface area (Å²) in [7, 11) is 0. The van der Waals surface area contributed by atoms with Crippen LogP contribution in [-0.2, 0) is 26.5 Å². The Morgan fingerprint density at radius 2 is 1.51 bits per heavy atom. The molecule has 0 unspecified atom stereocenters. The van der Waals surface area contributed by atoms with Gasteiger partial charge in [0.15, 0.2) is 0 Å². The van der Waals surface area contributed by atoms with Gasteiger partial charge in [0.2, 0.25) is 0 Å². The number of para-hydroxylation sites is 1. The number of nitrogens with zero attached hydrogens (tertiary/aromatic N) is 3. The van der Waals surface area contributed by atoms with Crippen LogP contribution in [0, 0.1) is 33.6 Å². The number of fused-ring (bicyclic) bond motifs is 1. The van der Waals surface area contributed by atoms with Gasteiger partial charge >= 0.3 is 0 Å². The molecule has 0 aliphatic heterocycles. The molecule has 1 N–H and O–H groups in total. The number of phenols is 1. The summed E-state index contributed by atoms with van der Waals surface area (Å²) in [6.07, 6.45) is 1.53. The Labute approximate surface area is 354 Å². The summed E-state index contributed by atoms with van der Waals surface area (Å²) >= 11 is 0. The molecule has 0 spiro atoms. The Morgan fingerprint density at radius 3 is 2.25 bits per heavy atom. The summed E-state index contributed by atoms with van der Waals surface area (Å²) < 4.78 is 95.2. The number of benzene rings is 6. The van der Waals surface area contributed by atoms with Crippen LogP contribution in [0.25, 0.3) is 72.7 Å². The molecule has 8 aromatic rings. The zero-order valence-corrected chi connectivity index (χ0v) is 33.2. The van der Waals surface area contributed by atoms with Crippen LogP contribution in [0.1, 0.15) is 63.7 Å². The molecule has 6 aromatic carbocycles. The van der Waals surface area contributed by atoms with Crippen LogP contribution in [0.15, 0.2) is 133 Å². The third-order valence-corrected chi connectivity index (χ3v) is 9.69. The van der Waals surface area contributed by atoms with Gasteiger partial charge in [0.1, 0.15) is 11.6 Å². The van der Waals surface area contributed by atoms with Crippen LogP contribution < -0.4 is 0 Å². The summed E-state index contributed by atoms with van der Waals surface area (Å²) in [4.78, 5) is 9.93. The van der Waals surface area contributed by atoms with E-state index in [1.807, 2.05) is 43.3 Å². The molecule has 2 heterocycles. The van der Waals surface area contributed by atoms with Gasteiger partial charge in [-0.05, 0) is 108 Å². The summed E-state index contributed by atoms with van der Waals surface area (Å²) in [5.74, 6) is 0.259. The van der Waals surface area contributed by atoms with E-state index in [0.717, 1.165) is 11.1 Å². The number of phenolic OH excluding ortho intramolecular Hbond substituents is 1. The van der Waals surface area contributed by atoms with Crippen molar-refractivity contribution in [3.8, 4) is 67.5 Å². The molecule has 0 aliphatic rings. The molecule has 55 heavy (non-hydrogen) atoms. The predicted octanol–water partition coefficient (Wildman–Crippen LogP) is 12.8. The largest absolute Gasteiger partial charge is 0.507 e. The maximum absolute atomic E-state index is 11.7. The minimum Gasteiger partial charge on any atom is -0.507 e. The third-order valence-electron chi connectivity index (χ3n) is 9.69. The van der Waals surface area contributed by atoms with Crippen LogP contribution in [0.2, 0.25) is 0 Å². The molecular weight excluding hydrogens is 854 g/mol. The fourth-order valence-corrected chi connectivity index (χ4v) is 6.90. The molecule has 4 nitrogen and oxygen atoms in total. The standard InChI is InChI=1S/C50H44N3O.Pt/c1-31-23-33(3)48(54)44(24-31)49-52-47-42(19-14-20-46(47)53(49)41-25-32(2)34(4)43(30-41)36-17-12-9-13-18-36)38-26-39(28-40(27-38)50(5,6)7)45-29-37(21-22-51-45)35-15-10-8-11-16-35;/h8-25,27-30,54H,1-7H3;/q-1;/i2D3,4D3,8D,10D,11D,15D,16D;. The molecule has 0 saturated carbocycles. The van der Waals surface area contributed by atoms with Crippen molar-refractivity contribution in [3.63, 3.8) is 0 Å². The zero-order chi connectivity index (χ0) is 47.1. The van der Waals surface area contributed by atoms with Gasteiger partial charge in [0.05, 0.1) is 23.5 Å². The molecule has 0 atom stereocenters. The maximum Gasteiger partial charge on any atom is 0.148 e. The average Bonchev–Trinajstić information content (AvgIpc) is 3.65. The van der Waals surface area contributed by atoms with Gasteiger partial charge in [0, 0.05) is 46.9 Å². The molecular formula is C50H44N3OPt-. The Morgan fingerprint density at radius 1 is 0.727 bits per heavy atom. The van der Waals surface area contributed by atoms with Crippen molar-refractivity contribution in [2.24, 2.45) is 0 Å². The Bertz CT molecular complexity index is 3180. The summed E-state index contributed by atoms with van der Waals surface area (Å²) in [6.45, 7) is 4.26. The Kier molecular flexibility index (Phi) is 7.13. The van der Waals surface area contributed by atoms with Crippen LogP contribution in [0.4, 0.5) is 0 Å². The van der Waals surface area contributed by atoms with Crippen LogP contribution in [-0.4, -0.2) is 19.6 Å². The van der Waals surface area contributed by atoms with Crippen LogP contribution in [0.3, 0.4) is 0 Å². The number of imidazole rings is 1. The van der Waals surface area contributed by atoms with Gasteiger partial charge in [-0.1, -0.05) is 117 Å². The van der Waals surface area contributed by atoms with Crippen molar-refractivity contribution >= 4 is 11.0 Å². The number of hydrogen-bond acceptors (Lipinski definition) is 3. The fraction of sp³-hybridized carbons (Fsp3) is 0.160. The molecule has 0 aliphatic carbocycles. The minimum atomic E-state index is -2.83. The maximum atomic E-state index is 11.7. The summed E-state index contributed by atoms with van der Waals surface area (Å²) in [6, 6.07) is 29.9. The van der Waals surface area contributed by atoms with E-state index >= 15 is 0 Å². The molecule has 0 fully saturated rings. The van der Waals surface area contributed by atoms with Crippen LogP contribution in [0.5, 0.6) is 5.75 Å². The number of aryl methyl sites for hydroxylation is 3. The smallest absolute Gasteiger partial charge is 0.148 e. The van der Waals surface area contributed by atoms with Gasteiger partial charge in [-0.3, -0.25) is 9.55 Å². The van der Waals surface area contributed by atoms with E-state index < -0.39 is 37.2 Å². The first kappa shape index (κ1) is 26.3. The minimum absolute atomic E-state index is 0. The summed E-state index contributed by atoms with van der Waals surface area (Å²) in [5.41, 5.74) is 6.49. The molecule has 276 valence electrons. The van der Waals surface area contributed by atoms with E-state index in [0.29, 0.717) is 61.4 Å². The second-order valence-corrected chi connectivity index (χ2v) is 14.6. The monoisotopic (exact) mass is 908 g/mol. The number of aromatic hydroxyl groups is 1. The normalized spacial score (nSPS) is 14.8. The van der Waals surface area contributed by atoms with E-state index in [1.165, 1.54) is 12.3 Å². The van der Waals surface area contributed by atoms with Gasteiger partial charge in [-0.25, -0.2) is 4.98 Å². The van der Waals surface area contributed by atoms with E-state index in [9.17, 15) is 5.11 Å². The first-order valence-electron chi connectivity index (χ1n) is 23.1. The first-order valence-corrected chi connectivity index (χ1v) is 17.6. The number of hydrogen-bond donors (Lipinski definition) is 1. The Hall–Kier alpha value is -5.57. The van der Waals surface area contributed by atoms with E-state index in [-0.39, 0.29) is 67.0 Å². The van der Waals surface area contributed by atoms with Gasteiger partial charge in [-0.2, -0.15) is 0 Å². The molecule has 0 radical (unpaired) electrons. The molecule has 2 aromatic heterocycles. The summed E-state index contributed by atoms with van der Waals surface area (Å²) in [5, 5.41) is 11.7. The third kappa shape index (κ3) is 7.20. The van der Waals surface area contributed by atoms with E-state index in [4.69, 9.17) is 20.1 Å². The number of aromatic nitrogens is 3. The van der Waals surface area contributed by atoms with E-state index in [2.05, 4.69) is 31.8 Å². The molecule has 0 bridgehead atoms. The zero-order valence-electron chi connectivity index (χ0n) is 41.9. The van der Waals surface area contributed by atoms with E-state index in [1.54, 1.807) is 66.1 Å².